The smallest absolute Gasteiger partial charge is 0.306 e. The maximum atomic E-state index is 13.1. The van der Waals surface area contributed by atoms with Gasteiger partial charge in [-0.25, -0.2) is 0 Å². The molecular formula is C37H60O4. The van der Waals surface area contributed by atoms with E-state index in [1.54, 1.807) is 0 Å². The molecule has 0 bridgehead atoms. The standard InChI is InChI=1S/C37H60O4/c1-23(2)24-13-16-34(7)19-20-36(9)25(31(24)34)11-12-27-35(8)17-15-28(33(5,6)26(35)14-18-37(27,36)10)41-30(40)22-32(3,4)21-29(38)39/h24-28,31H,1,11-22H2,2-10H3,(H,38,39)/t24-,25+,26-,27+,28-,31+,34+,35-,36+,37+/m0/s1. The molecule has 1 N–H and O–H groups in total. The van der Waals surface area contributed by atoms with Crippen LogP contribution in [0.25, 0.3) is 0 Å². The van der Waals surface area contributed by atoms with Crippen molar-refractivity contribution in [3.8, 4) is 0 Å². The van der Waals surface area contributed by atoms with Crippen LogP contribution in [0, 0.1) is 62.1 Å². The average molecular weight is 569 g/mol. The Kier molecular flexibility index (Phi) is 7.47. The second-order valence-corrected chi connectivity index (χ2v) is 18.1. The minimum Gasteiger partial charge on any atom is -0.481 e. The number of fused-ring (bicyclic) bond motifs is 7. The molecule has 0 radical (unpaired) electrons. The quantitative estimate of drug-likeness (QED) is 0.256. The van der Waals surface area contributed by atoms with Gasteiger partial charge in [0, 0.05) is 5.41 Å². The number of carbonyl (C=O) groups excluding carboxylic acids is 1. The first kappa shape index (κ1) is 31.1. The number of ether oxygens (including phenoxy) is 1. The molecule has 0 aromatic heterocycles. The summed E-state index contributed by atoms with van der Waals surface area (Å²) >= 11 is 0. The number of hydrogen-bond donors (Lipinski definition) is 1. The van der Waals surface area contributed by atoms with Gasteiger partial charge in [0.2, 0.25) is 0 Å². The van der Waals surface area contributed by atoms with Gasteiger partial charge in [-0.15, -0.1) is 0 Å². The van der Waals surface area contributed by atoms with Gasteiger partial charge < -0.3 is 9.84 Å². The van der Waals surface area contributed by atoms with E-state index in [1.165, 1.54) is 56.9 Å². The number of rotatable bonds is 6. The van der Waals surface area contributed by atoms with E-state index in [-0.39, 0.29) is 35.7 Å². The number of aliphatic carboxylic acids is 1. The van der Waals surface area contributed by atoms with Crippen LogP contribution in [0.3, 0.4) is 0 Å². The first-order valence-corrected chi connectivity index (χ1v) is 16.9. The number of allylic oxidation sites excluding steroid dienone is 1. The van der Waals surface area contributed by atoms with Gasteiger partial charge in [0.1, 0.15) is 6.10 Å². The third kappa shape index (κ3) is 4.66. The largest absolute Gasteiger partial charge is 0.481 e. The van der Waals surface area contributed by atoms with Crippen molar-refractivity contribution in [3.05, 3.63) is 12.2 Å². The van der Waals surface area contributed by atoms with Crippen LogP contribution in [0.2, 0.25) is 0 Å². The van der Waals surface area contributed by atoms with Crippen molar-refractivity contribution >= 4 is 11.9 Å². The minimum atomic E-state index is -0.865. The highest BCUT2D eigenvalue weighted by Crippen LogP contribution is 2.77. The summed E-state index contributed by atoms with van der Waals surface area (Å²) in [5.41, 5.74) is 2.17. The molecule has 232 valence electrons. The van der Waals surface area contributed by atoms with Crippen LogP contribution in [0.15, 0.2) is 12.2 Å². The zero-order chi connectivity index (χ0) is 30.4. The molecule has 0 aliphatic heterocycles. The number of carboxylic acids is 1. The molecule has 5 rings (SSSR count). The molecule has 5 saturated carbocycles. The highest BCUT2D eigenvalue weighted by molar-refractivity contribution is 5.73. The van der Waals surface area contributed by atoms with E-state index in [4.69, 9.17) is 4.74 Å². The van der Waals surface area contributed by atoms with Crippen molar-refractivity contribution in [1.82, 2.24) is 0 Å². The fourth-order valence-corrected chi connectivity index (χ4v) is 12.7. The fraction of sp³-hybridized carbons (Fsp3) is 0.892. The highest BCUT2D eigenvalue weighted by Gasteiger charge is 2.70. The maximum Gasteiger partial charge on any atom is 0.306 e. The number of carboxylic acid groups (broad SMARTS) is 1. The highest BCUT2D eigenvalue weighted by atomic mass is 16.5. The van der Waals surface area contributed by atoms with Gasteiger partial charge in [0.05, 0.1) is 12.8 Å². The van der Waals surface area contributed by atoms with Gasteiger partial charge in [0.25, 0.3) is 0 Å². The first-order chi connectivity index (χ1) is 18.8. The summed E-state index contributed by atoms with van der Waals surface area (Å²) in [5, 5.41) is 9.27. The normalized spacial score (nSPS) is 46.9. The first-order valence-electron chi connectivity index (χ1n) is 16.9. The van der Waals surface area contributed by atoms with Crippen molar-refractivity contribution in [2.24, 2.45) is 62.1 Å². The third-order valence-corrected chi connectivity index (χ3v) is 14.9. The van der Waals surface area contributed by atoms with E-state index >= 15 is 0 Å². The molecule has 0 spiro atoms. The molecule has 0 saturated heterocycles. The third-order valence-electron chi connectivity index (χ3n) is 14.9. The van der Waals surface area contributed by atoms with E-state index in [9.17, 15) is 14.7 Å². The number of hydrogen-bond acceptors (Lipinski definition) is 3. The molecule has 5 aliphatic carbocycles. The molecule has 0 amide bonds. The molecular weight excluding hydrogens is 508 g/mol. The predicted octanol–water partition coefficient (Wildman–Crippen LogP) is 9.47. The monoisotopic (exact) mass is 568 g/mol. The van der Waals surface area contributed by atoms with E-state index in [0.29, 0.717) is 34.0 Å². The molecule has 5 fully saturated rings. The Balaban J connectivity index is 1.38. The molecule has 4 nitrogen and oxygen atoms in total. The fourth-order valence-electron chi connectivity index (χ4n) is 12.7. The van der Waals surface area contributed by atoms with E-state index in [1.807, 2.05) is 13.8 Å². The summed E-state index contributed by atoms with van der Waals surface area (Å²) in [4.78, 5) is 24.4. The van der Waals surface area contributed by atoms with Crippen LogP contribution in [0.1, 0.15) is 139 Å². The lowest BCUT2D eigenvalue weighted by Gasteiger charge is -2.73. The predicted molar refractivity (Wildman–Crippen MR) is 165 cm³/mol. The van der Waals surface area contributed by atoms with Gasteiger partial charge in [-0.3, -0.25) is 9.59 Å². The molecule has 0 aromatic rings. The van der Waals surface area contributed by atoms with Crippen LogP contribution in [0.5, 0.6) is 0 Å². The van der Waals surface area contributed by atoms with Crippen LogP contribution in [0.4, 0.5) is 0 Å². The van der Waals surface area contributed by atoms with Gasteiger partial charge in [-0.05, 0) is 128 Å². The summed E-state index contributed by atoms with van der Waals surface area (Å²) in [6.07, 6.45) is 12.7. The van der Waals surface area contributed by atoms with E-state index in [2.05, 4.69) is 55.0 Å². The van der Waals surface area contributed by atoms with Crippen molar-refractivity contribution < 1.29 is 19.4 Å². The van der Waals surface area contributed by atoms with Crippen molar-refractivity contribution in [2.75, 3.05) is 0 Å². The van der Waals surface area contributed by atoms with Gasteiger partial charge in [-0.1, -0.05) is 67.5 Å². The minimum absolute atomic E-state index is 0.0238. The Hall–Kier alpha value is -1.32. The molecule has 0 aromatic carbocycles. The van der Waals surface area contributed by atoms with Crippen LogP contribution < -0.4 is 0 Å². The number of esters is 1. The lowest BCUT2D eigenvalue weighted by atomic mass is 9.32. The summed E-state index contributed by atoms with van der Waals surface area (Å²) < 4.78 is 6.24. The Labute approximate surface area is 250 Å². The Morgan fingerprint density at radius 2 is 1.51 bits per heavy atom. The van der Waals surface area contributed by atoms with Crippen molar-refractivity contribution in [2.45, 2.75) is 145 Å². The van der Waals surface area contributed by atoms with Crippen LogP contribution in [-0.2, 0) is 14.3 Å². The average Bonchev–Trinajstić information content (AvgIpc) is 3.18. The van der Waals surface area contributed by atoms with Gasteiger partial charge in [-0.2, -0.15) is 0 Å². The van der Waals surface area contributed by atoms with Crippen molar-refractivity contribution in [3.63, 3.8) is 0 Å². The molecule has 5 aliphatic rings. The second-order valence-electron chi connectivity index (χ2n) is 18.1. The topological polar surface area (TPSA) is 63.6 Å². The van der Waals surface area contributed by atoms with Crippen LogP contribution >= 0.6 is 0 Å². The summed E-state index contributed by atoms with van der Waals surface area (Å²) in [6, 6.07) is 0. The van der Waals surface area contributed by atoms with Crippen LogP contribution in [-0.4, -0.2) is 23.1 Å². The summed E-state index contributed by atoms with van der Waals surface area (Å²) in [7, 11) is 0. The SMILES string of the molecule is C=C(C)[C@@H]1CC[C@]2(C)CC[C@]3(C)[C@H](CC[C@@H]4[C@@]5(C)CC[C@H](OC(=O)CC(C)(C)CC(=O)O)C(C)(C)[C@@H]5CC[C@]43C)[C@@H]12. The molecule has 0 unspecified atom stereocenters. The number of carbonyl (C=O) groups is 2. The Bertz CT molecular complexity index is 1090. The van der Waals surface area contributed by atoms with E-state index in [0.717, 1.165) is 24.7 Å². The summed E-state index contributed by atoms with van der Waals surface area (Å²) in [5.74, 6) is 2.41. The molecule has 10 atom stereocenters. The van der Waals surface area contributed by atoms with Gasteiger partial charge in [0.15, 0.2) is 0 Å². The van der Waals surface area contributed by atoms with Crippen molar-refractivity contribution in [1.29, 1.82) is 0 Å². The molecule has 0 heterocycles. The van der Waals surface area contributed by atoms with E-state index < -0.39 is 11.4 Å². The lowest BCUT2D eigenvalue weighted by molar-refractivity contribution is -0.249. The Morgan fingerprint density at radius 3 is 2.15 bits per heavy atom. The Morgan fingerprint density at radius 1 is 0.829 bits per heavy atom. The summed E-state index contributed by atoms with van der Waals surface area (Å²) in [6.45, 7) is 25.8. The second kappa shape index (κ2) is 9.85. The zero-order valence-corrected chi connectivity index (χ0v) is 27.8. The maximum absolute atomic E-state index is 13.1. The lowest BCUT2D eigenvalue weighted by Crippen LogP contribution is -2.66. The molecule has 4 heteroatoms. The zero-order valence-electron chi connectivity index (χ0n) is 27.8. The van der Waals surface area contributed by atoms with Gasteiger partial charge >= 0.3 is 11.9 Å². The molecule has 41 heavy (non-hydrogen) atoms.